The van der Waals surface area contributed by atoms with Crippen molar-refractivity contribution in [3.8, 4) is 0 Å². The summed E-state index contributed by atoms with van der Waals surface area (Å²) in [7, 11) is 2.69. The fourth-order valence-corrected chi connectivity index (χ4v) is 3.29. The van der Waals surface area contributed by atoms with Crippen LogP contribution in [-0.4, -0.2) is 32.2 Å². The number of rotatable bonds is 6. The molecule has 2 N–H and O–H groups in total. The molecule has 1 atom stereocenters. The van der Waals surface area contributed by atoms with Crippen molar-refractivity contribution in [3.05, 3.63) is 82.6 Å². The average Bonchev–Trinajstić information content (AvgIpc) is 2.76. The first-order valence-electron chi connectivity index (χ1n) is 9.69. The van der Waals surface area contributed by atoms with Crippen LogP contribution in [-0.2, 0) is 19.1 Å². The Labute approximate surface area is 176 Å². The van der Waals surface area contributed by atoms with Crippen LogP contribution in [0.3, 0.4) is 0 Å². The van der Waals surface area contributed by atoms with Crippen LogP contribution in [0.4, 0.5) is 11.4 Å². The third-order valence-electron chi connectivity index (χ3n) is 4.98. The quantitative estimate of drug-likeness (QED) is 0.703. The van der Waals surface area contributed by atoms with Crippen molar-refractivity contribution < 1.29 is 19.1 Å². The summed E-state index contributed by atoms with van der Waals surface area (Å²) in [4.78, 5) is 25.0. The molecule has 1 unspecified atom stereocenters. The molecular weight excluding hydrogens is 380 g/mol. The van der Waals surface area contributed by atoms with Gasteiger partial charge in [-0.2, -0.15) is 0 Å². The Bertz CT molecular complexity index is 989. The average molecular weight is 406 g/mol. The molecule has 0 amide bonds. The second-order valence-electron chi connectivity index (χ2n) is 7.23. The predicted octanol–water partition coefficient (Wildman–Crippen LogP) is 4.13. The molecule has 3 rings (SSSR count). The lowest BCUT2D eigenvalue weighted by Crippen LogP contribution is -2.33. The largest absolute Gasteiger partial charge is 0.466 e. The molecule has 0 bridgehead atoms. The maximum absolute atomic E-state index is 12.5. The van der Waals surface area contributed by atoms with Gasteiger partial charge in [-0.25, -0.2) is 9.59 Å². The fraction of sp³-hybridized carbons (Fsp3) is 0.250. The van der Waals surface area contributed by atoms with E-state index in [9.17, 15) is 9.59 Å². The lowest BCUT2D eigenvalue weighted by atomic mass is 9.90. The zero-order chi connectivity index (χ0) is 21.7. The highest BCUT2D eigenvalue weighted by molar-refractivity contribution is 5.97. The van der Waals surface area contributed by atoms with Gasteiger partial charge in [0, 0.05) is 23.5 Å². The molecule has 1 aliphatic rings. The second kappa shape index (κ2) is 9.31. The zero-order valence-electron chi connectivity index (χ0n) is 17.6. The SMILES string of the molecule is COC(=O)C1=CC(Nc2ccc(C)cc2)=C(C(=O)OC)CC1Nc1ccc(C)cc1. The number of esters is 2. The fourth-order valence-electron chi connectivity index (χ4n) is 3.29. The molecule has 0 saturated heterocycles. The molecule has 156 valence electrons. The summed E-state index contributed by atoms with van der Waals surface area (Å²) in [5.74, 6) is -0.896. The molecular formula is C24H26N2O4. The monoisotopic (exact) mass is 406 g/mol. The van der Waals surface area contributed by atoms with E-state index in [2.05, 4.69) is 10.6 Å². The van der Waals surface area contributed by atoms with Crippen LogP contribution in [0.5, 0.6) is 0 Å². The number of hydrogen-bond donors (Lipinski definition) is 2. The number of hydrogen-bond acceptors (Lipinski definition) is 6. The van der Waals surface area contributed by atoms with Gasteiger partial charge in [0.2, 0.25) is 0 Å². The minimum absolute atomic E-state index is 0.273. The van der Waals surface area contributed by atoms with E-state index in [1.807, 2.05) is 62.4 Å². The van der Waals surface area contributed by atoms with Crippen molar-refractivity contribution >= 4 is 23.3 Å². The van der Waals surface area contributed by atoms with E-state index in [1.54, 1.807) is 6.08 Å². The topological polar surface area (TPSA) is 76.7 Å². The Hall–Kier alpha value is -3.54. The van der Waals surface area contributed by atoms with Gasteiger partial charge >= 0.3 is 11.9 Å². The molecule has 0 radical (unpaired) electrons. The van der Waals surface area contributed by atoms with Crippen molar-refractivity contribution in [2.24, 2.45) is 0 Å². The van der Waals surface area contributed by atoms with E-state index >= 15 is 0 Å². The van der Waals surface area contributed by atoms with Gasteiger partial charge in [0.05, 0.1) is 31.4 Å². The summed E-state index contributed by atoms with van der Waals surface area (Å²) >= 11 is 0. The number of carbonyl (C=O) groups is 2. The van der Waals surface area contributed by atoms with E-state index in [-0.39, 0.29) is 6.42 Å². The molecule has 0 aromatic heterocycles. The third kappa shape index (κ3) is 4.89. The van der Waals surface area contributed by atoms with Crippen molar-refractivity contribution in [2.45, 2.75) is 26.3 Å². The van der Waals surface area contributed by atoms with Gasteiger partial charge in [-0.05, 0) is 44.2 Å². The summed E-state index contributed by atoms with van der Waals surface area (Å²) in [5.41, 5.74) is 5.32. The first kappa shape index (κ1) is 21.2. The van der Waals surface area contributed by atoms with Crippen LogP contribution in [0.1, 0.15) is 17.5 Å². The van der Waals surface area contributed by atoms with Gasteiger partial charge in [0.25, 0.3) is 0 Å². The number of benzene rings is 2. The first-order chi connectivity index (χ1) is 14.4. The maximum atomic E-state index is 12.5. The number of nitrogens with one attached hydrogen (secondary N) is 2. The summed E-state index contributed by atoms with van der Waals surface area (Å²) < 4.78 is 10.0. The lowest BCUT2D eigenvalue weighted by Gasteiger charge is -2.28. The number of anilines is 2. The van der Waals surface area contributed by atoms with Crippen LogP contribution in [0.2, 0.25) is 0 Å². The van der Waals surface area contributed by atoms with Crippen molar-refractivity contribution in [2.75, 3.05) is 24.9 Å². The Morgan fingerprint density at radius 1 is 0.833 bits per heavy atom. The van der Waals surface area contributed by atoms with Gasteiger partial charge in [0.1, 0.15) is 0 Å². The van der Waals surface area contributed by atoms with Gasteiger partial charge in [-0.3, -0.25) is 0 Å². The minimum atomic E-state index is -0.452. The van der Waals surface area contributed by atoms with Gasteiger partial charge in [-0.15, -0.1) is 0 Å². The highest BCUT2D eigenvalue weighted by atomic mass is 16.5. The highest BCUT2D eigenvalue weighted by Crippen LogP contribution is 2.30. The van der Waals surface area contributed by atoms with Gasteiger partial charge < -0.3 is 20.1 Å². The van der Waals surface area contributed by atoms with Crippen molar-refractivity contribution in [3.63, 3.8) is 0 Å². The van der Waals surface area contributed by atoms with Crippen LogP contribution in [0.25, 0.3) is 0 Å². The Morgan fingerprint density at radius 2 is 1.37 bits per heavy atom. The Kier molecular flexibility index (Phi) is 6.57. The van der Waals surface area contributed by atoms with Crippen LogP contribution < -0.4 is 10.6 Å². The Morgan fingerprint density at radius 3 is 1.90 bits per heavy atom. The summed E-state index contributed by atoms with van der Waals surface area (Å²) in [6, 6.07) is 15.2. The standard InChI is InChI=1S/C24H26N2O4/c1-15-5-9-17(10-6-15)25-21-13-20(24(28)30-4)22(14-19(21)23(27)29-3)26-18-11-7-16(2)8-12-18/h5-13,22,25-26H,14H2,1-4H3. The van der Waals surface area contributed by atoms with Crippen LogP contribution in [0, 0.1) is 13.8 Å². The first-order valence-corrected chi connectivity index (χ1v) is 9.69. The molecule has 1 aliphatic carbocycles. The number of methoxy groups -OCH3 is 2. The number of aryl methyl sites for hydroxylation is 2. The van der Waals surface area contributed by atoms with Crippen LogP contribution >= 0.6 is 0 Å². The molecule has 0 fully saturated rings. The number of ether oxygens (including phenoxy) is 2. The summed E-state index contributed by atoms with van der Waals surface area (Å²) in [6.07, 6.45) is 1.93. The van der Waals surface area contributed by atoms with E-state index < -0.39 is 18.0 Å². The van der Waals surface area contributed by atoms with Crippen molar-refractivity contribution in [1.29, 1.82) is 0 Å². The van der Waals surface area contributed by atoms with E-state index in [1.165, 1.54) is 14.2 Å². The highest BCUT2D eigenvalue weighted by Gasteiger charge is 2.32. The smallest absolute Gasteiger partial charge is 0.335 e. The van der Waals surface area contributed by atoms with E-state index in [0.717, 1.165) is 22.5 Å². The summed E-state index contributed by atoms with van der Waals surface area (Å²) in [6.45, 7) is 4.01. The Balaban J connectivity index is 1.98. The third-order valence-corrected chi connectivity index (χ3v) is 4.98. The summed E-state index contributed by atoms with van der Waals surface area (Å²) in [5, 5.41) is 6.58. The van der Waals surface area contributed by atoms with Crippen molar-refractivity contribution in [1.82, 2.24) is 0 Å². The molecule has 0 spiro atoms. The molecule has 6 nitrogen and oxygen atoms in total. The molecule has 6 heteroatoms. The maximum Gasteiger partial charge on any atom is 0.335 e. The predicted molar refractivity (Wildman–Crippen MR) is 117 cm³/mol. The number of carbonyl (C=O) groups excluding carboxylic acids is 2. The van der Waals surface area contributed by atoms with Crippen LogP contribution in [0.15, 0.2) is 71.5 Å². The molecule has 0 aliphatic heterocycles. The lowest BCUT2D eigenvalue weighted by molar-refractivity contribution is -0.138. The second-order valence-corrected chi connectivity index (χ2v) is 7.23. The van der Waals surface area contributed by atoms with E-state index in [0.29, 0.717) is 16.8 Å². The zero-order valence-corrected chi connectivity index (χ0v) is 17.6. The van der Waals surface area contributed by atoms with Gasteiger partial charge in [-0.1, -0.05) is 35.4 Å². The molecule has 30 heavy (non-hydrogen) atoms. The van der Waals surface area contributed by atoms with E-state index in [4.69, 9.17) is 9.47 Å². The number of allylic oxidation sites excluding steroid dienone is 1. The molecule has 0 heterocycles. The molecule has 0 saturated carbocycles. The normalized spacial score (nSPS) is 15.9. The minimum Gasteiger partial charge on any atom is -0.466 e. The van der Waals surface area contributed by atoms with Gasteiger partial charge in [0.15, 0.2) is 0 Å². The molecule has 2 aromatic carbocycles. The molecule has 2 aromatic rings.